The predicted octanol–water partition coefficient (Wildman–Crippen LogP) is 1.62. The molecule has 0 radical (unpaired) electrons. The third-order valence-corrected chi connectivity index (χ3v) is 3.15. The molecule has 98 valence electrons. The van der Waals surface area contributed by atoms with Gasteiger partial charge in [-0.15, -0.1) is 0 Å². The van der Waals surface area contributed by atoms with E-state index in [-0.39, 0.29) is 23.5 Å². The Hall–Kier alpha value is -1.33. The third-order valence-electron chi connectivity index (χ3n) is 2.85. The second kappa shape index (κ2) is 6.02. The molecule has 0 spiro atoms. The molecule has 1 saturated heterocycles. The van der Waals surface area contributed by atoms with Crippen LogP contribution < -0.4 is 11.1 Å². The van der Waals surface area contributed by atoms with Gasteiger partial charge in [-0.05, 0) is 31.4 Å². The van der Waals surface area contributed by atoms with Gasteiger partial charge in [0.1, 0.15) is 11.5 Å². The van der Waals surface area contributed by atoms with Gasteiger partial charge in [0.25, 0.3) is 5.91 Å². The molecule has 1 amide bonds. The van der Waals surface area contributed by atoms with Crippen LogP contribution in [-0.4, -0.2) is 30.1 Å². The molecule has 0 aliphatic carbocycles. The summed E-state index contributed by atoms with van der Waals surface area (Å²) in [6.07, 6.45) is 3.28. The molecule has 1 aromatic rings. The summed E-state index contributed by atoms with van der Waals surface area (Å²) < 4.78 is 5.53. The van der Waals surface area contributed by atoms with E-state index in [9.17, 15) is 4.79 Å². The van der Waals surface area contributed by atoms with Gasteiger partial charge in [0, 0.05) is 13.2 Å². The molecule has 18 heavy (non-hydrogen) atoms. The Morgan fingerprint density at radius 1 is 1.56 bits per heavy atom. The van der Waals surface area contributed by atoms with Crippen molar-refractivity contribution in [1.29, 1.82) is 0 Å². The van der Waals surface area contributed by atoms with Crippen molar-refractivity contribution >= 4 is 23.3 Å². The van der Waals surface area contributed by atoms with Gasteiger partial charge in [-0.2, -0.15) is 0 Å². The molecule has 3 N–H and O–H groups in total. The number of carbonyl (C=O) groups excluding carboxylic acids is 1. The van der Waals surface area contributed by atoms with Gasteiger partial charge < -0.3 is 15.8 Å². The summed E-state index contributed by atoms with van der Waals surface area (Å²) in [4.78, 5) is 15.8. The molecular formula is C12H16ClN3O2. The number of hydrogen-bond acceptors (Lipinski definition) is 4. The van der Waals surface area contributed by atoms with E-state index in [2.05, 4.69) is 10.3 Å². The Kier molecular flexibility index (Phi) is 4.38. The SMILES string of the molecule is Nc1ccc(Cl)c(C(=O)NCC2CCCCO2)n1. The number of carbonyl (C=O) groups is 1. The molecule has 2 heterocycles. The van der Waals surface area contributed by atoms with Gasteiger partial charge in [-0.3, -0.25) is 4.79 Å². The number of halogens is 1. The van der Waals surface area contributed by atoms with Gasteiger partial charge in [0.15, 0.2) is 0 Å². The fraction of sp³-hybridized carbons (Fsp3) is 0.500. The van der Waals surface area contributed by atoms with Crippen molar-refractivity contribution in [3.8, 4) is 0 Å². The van der Waals surface area contributed by atoms with Gasteiger partial charge in [-0.1, -0.05) is 11.6 Å². The second-order valence-electron chi connectivity index (χ2n) is 4.27. The zero-order valence-electron chi connectivity index (χ0n) is 9.99. The molecule has 1 aliphatic heterocycles. The van der Waals surface area contributed by atoms with E-state index in [0.29, 0.717) is 11.6 Å². The van der Waals surface area contributed by atoms with Crippen LogP contribution in [0.4, 0.5) is 5.82 Å². The second-order valence-corrected chi connectivity index (χ2v) is 4.67. The first-order valence-corrected chi connectivity index (χ1v) is 6.36. The highest BCUT2D eigenvalue weighted by atomic mass is 35.5. The Morgan fingerprint density at radius 2 is 2.39 bits per heavy atom. The van der Waals surface area contributed by atoms with Crippen molar-refractivity contribution < 1.29 is 9.53 Å². The van der Waals surface area contributed by atoms with Crippen molar-refractivity contribution in [2.45, 2.75) is 25.4 Å². The number of nitrogens with one attached hydrogen (secondary N) is 1. The maximum atomic E-state index is 11.9. The number of hydrogen-bond donors (Lipinski definition) is 2. The summed E-state index contributed by atoms with van der Waals surface area (Å²) in [6, 6.07) is 3.12. The summed E-state index contributed by atoms with van der Waals surface area (Å²) in [6.45, 7) is 1.24. The van der Waals surface area contributed by atoms with Gasteiger partial charge in [0.05, 0.1) is 11.1 Å². The highest BCUT2D eigenvalue weighted by Gasteiger charge is 2.17. The molecule has 1 fully saturated rings. The first-order valence-electron chi connectivity index (χ1n) is 5.98. The Bertz CT molecular complexity index is 433. The number of nitrogen functional groups attached to an aromatic ring is 1. The number of pyridine rings is 1. The standard InChI is InChI=1S/C12H16ClN3O2/c13-9-4-5-10(14)16-11(9)12(17)15-7-8-3-1-2-6-18-8/h4-5,8H,1-3,6-7H2,(H2,14,16)(H,15,17). The van der Waals surface area contributed by atoms with Crippen molar-refractivity contribution in [3.05, 3.63) is 22.8 Å². The molecule has 0 saturated carbocycles. The quantitative estimate of drug-likeness (QED) is 0.874. The molecule has 1 atom stereocenters. The summed E-state index contributed by atoms with van der Waals surface area (Å²) in [7, 11) is 0. The fourth-order valence-corrected chi connectivity index (χ4v) is 2.07. The minimum Gasteiger partial charge on any atom is -0.384 e. The van der Waals surface area contributed by atoms with Crippen molar-refractivity contribution in [2.75, 3.05) is 18.9 Å². The van der Waals surface area contributed by atoms with Crippen LogP contribution in [-0.2, 0) is 4.74 Å². The molecule has 0 aromatic carbocycles. The van der Waals surface area contributed by atoms with Crippen LogP contribution in [0, 0.1) is 0 Å². The average molecular weight is 270 g/mol. The minimum absolute atomic E-state index is 0.0857. The maximum Gasteiger partial charge on any atom is 0.271 e. The lowest BCUT2D eigenvalue weighted by Gasteiger charge is -2.22. The van der Waals surface area contributed by atoms with E-state index >= 15 is 0 Å². The summed E-state index contributed by atoms with van der Waals surface area (Å²) >= 11 is 5.90. The van der Waals surface area contributed by atoms with Gasteiger partial charge in [-0.25, -0.2) is 4.98 Å². The van der Waals surface area contributed by atoms with Crippen LogP contribution in [0.15, 0.2) is 12.1 Å². The van der Waals surface area contributed by atoms with E-state index in [1.54, 1.807) is 12.1 Å². The van der Waals surface area contributed by atoms with Crippen molar-refractivity contribution in [2.24, 2.45) is 0 Å². The van der Waals surface area contributed by atoms with Crippen LogP contribution in [0.5, 0.6) is 0 Å². The number of nitrogens with two attached hydrogens (primary N) is 1. The first-order chi connectivity index (χ1) is 8.66. The number of amides is 1. The normalized spacial score (nSPS) is 19.5. The smallest absolute Gasteiger partial charge is 0.271 e. The third kappa shape index (κ3) is 3.34. The Labute approximate surface area is 111 Å². The topological polar surface area (TPSA) is 77.2 Å². The zero-order chi connectivity index (χ0) is 13.0. The minimum atomic E-state index is -0.318. The Morgan fingerprint density at radius 3 is 3.11 bits per heavy atom. The molecular weight excluding hydrogens is 254 g/mol. The van der Waals surface area contributed by atoms with Crippen LogP contribution in [0.1, 0.15) is 29.8 Å². The van der Waals surface area contributed by atoms with Crippen molar-refractivity contribution in [3.63, 3.8) is 0 Å². The fourth-order valence-electron chi connectivity index (χ4n) is 1.88. The highest BCUT2D eigenvalue weighted by molar-refractivity contribution is 6.33. The van der Waals surface area contributed by atoms with Gasteiger partial charge >= 0.3 is 0 Å². The molecule has 5 nitrogen and oxygen atoms in total. The summed E-state index contributed by atoms with van der Waals surface area (Å²) in [5, 5.41) is 3.07. The molecule has 2 rings (SSSR count). The number of ether oxygens (including phenoxy) is 1. The summed E-state index contributed by atoms with van der Waals surface area (Å²) in [5.41, 5.74) is 5.69. The van der Waals surface area contributed by atoms with E-state index in [4.69, 9.17) is 22.1 Å². The number of rotatable bonds is 3. The Balaban J connectivity index is 1.92. The zero-order valence-corrected chi connectivity index (χ0v) is 10.7. The van der Waals surface area contributed by atoms with E-state index in [0.717, 1.165) is 25.9 Å². The lowest BCUT2D eigenvalue weighted by molar-refractivity contribution is 0.0168. The monoisotopic (exact) mass is 269 g/mol. The molecule has 1 aromatic heterocycles. The number of aromatic nitrogens is 1. The molecule has 6 heteroatoms. The predicted molar refractivity (Wildman–Crippen MR) is 69.6 cm³/mol. The average Bonchev–Trinajstić information content (AvgIpc) is 2.40. The first kappa shape index (κ1) is 13.1. The van der Waals surface area contributed by atoms with Crippen LogP contribution in [0.2, 0.25) is 5.02 Å². The summed E-state index contributed by atoms with van der Waals surface area (Å²) in [5.74, 6) is -0.0417. The number of anilines is 1. The van der Waals surface area contributed by atoms with Crippen LogP contribution >= 0.6 is 11.6 Å². The largest absolute Gasteiger partial charge is 0.384 e. The van der Waals surface area contributed by atoms with E-state index in [1.165, 1.54) is 0 Å². The molecule has 0 bridgehead atoms. The van der Waals surface area contributed by atoms with E-state index < -0.39 is 0 Å². The molecule has 1 aliphatic rings. The number of nitrogens with zero attached hydrogens (tertiary/aromatic N) is 1. The van der Waals surface area contributed by atoms with Crippen molar-refractivity contribution in [1.82, 2.24) is 10.3 Å². The molecule has 1 unspecified atom stereocenters. The maximum absolute atomic E-state index is 11.9. The van der Waals surface area contributed by atoms with Gasteiger partial charge in [0.2, 0.25) is 0 Å². The van der Waals surface area contributed by atoms with E-state index in [1.807, 2.05) is 0 Å². The lowest BCUT2D eigenvalue weighted by atomic mass is 10.1. The van der Waals surface area contributed by atoms with Crippen LogP contribution in [0.3, 0.4) is 0 Å². The highest BCUT2D eigenvalue weighted by Crippen LogP contribution is 2.16. The lowest BCUT2D eigenvalue weighted by Crippen LogP contribution is -2.35. The van der Waals surface area contributed by atoms with Crippen LogP contribution in [0.25, 0.3) is 0 Å².